The molecule has 3 aromatic rings. The molecule has 2 aliphatic rings. The first kappa shape index (κ1) is 21.6. The van der Waals surface area contributed by atoms with E-state index in [0.717, 1.165) is 28.8 Å². The zero-order chi connectivity index (χ0) is 23.5. The third kappa shape index (κ3) is 3.89. The number of hydrogen-bond donors (Lipinski definition) is 2. The second-order valence-corrected chi connectivity index (χ2v) is 8.51. The van der Waals surface area contributed by atoms with E-state index in [9.17, 15) is 18.0 Å². The summed E-state index contributed by atoms with van der Waals surface area (Å²) in [5.74, 6) is 0.148. The van der Waals surface area contributed by atoms with E-state index in [1.165, 1.54) is 6.07 Å². The van der Waals surface area contributed by atoms with Crippen LogP contribution in [0.3, 0.4) is 0 Å². The van der Waals surface area contributed by atoms with Gasteiger partial charge in [-0.3, -0.25) is 9.78 Å². The fraction of sp³-hybridized carbons (Fsp3) is 0.348. The van der Waals surface area contributed by atoms with Crippen molar-refractivity contribution in [3.8, 4) is 0 Å². The number of amides is 1. The molecule has 172 valence electrons. The number of nitrogens with two attached hydrogens (primary N) is 2. The fourth-order valence-corrected chi connectivity index (χ4v) is 4.32. The van der Waals surface area contributed by atoms with Crippen LogP contribution in [0, 0.1) is 0 Å². The molecule has 0 unspecified atom stereocenters. The first-order valence-electron chi connectivity index (χ1n) is 10.6. The number of carbonyl (C=O) groups is 1. The number of halogens is 3. The lowest BCUT2D eigenvalue weighted by Crippen LogP contribution is -2.36. The fourth-order valence-electron chi connectivity index (χ4n) is 4.32. The molecule has 1 saturated carbocycles. The van der Waals surface area contributed by atoms with Gasteiger partial charge in [0.15, 0.2) is 0 Å². The van der Waals surface area contributed by atoms with Crippen LogP contribution in [0.25, 0.3) is 10.9 Å². The molecule has 0 bridgehead atoms. The lowest BCUT2D eigenvalue weighted by Gasteiger charge is -2.23. The molecule has 2 aromatic heterocycles. The molecule has 0 saturated heterocycles. The van der Waals surface area contributed by atoms with Crippen molar-refractivity contribution in [3.05, 3.63) is 64.5 Å². The van der Waals surface area contributed by atoms with Crippen LogP contribution in [-0.4, -0.2) is 32.9 Å². The van der Waals surface area contributed by atoms with Gasteiger partial charge in [-0.2, -0.15) is 13.2 Å². The van der Waals surface area contributed by atoms with E-state index in [1.807, 2.05) is 6.92 Å². The van der Waals surface area contributed by atoms with Gasteiger partial charge in [0.25, 0.3) is 5.91 Å². The Morgan fingerprint density at radius 1 is 1.27 bits per heavy atom. The number of anilines is 1. The summed E-state index contributed by atoms with van der Waals surface area (Å²) >= 11 is 0. The van der Waals surface area contributed by atoms with Gasteiger partial charge < -0.3 is 21.1 Å². The number of nitrogen functional groups attached to an aromatic ring is 1. The predicted molar refractivity (Wildman–Crippen MR) is 115 cm³/mol. The molecule has 33 heavy (non-hydrogen) atoms. The highest BCUT2D eigenvalue weighted by atomic mass is 19.4. The predicted octanol–water partition coefficient (Wildman–Crippen LogP) is 3.56. The summed E-state index contributed by atoms with van der Waals surface area (Å²) in [6.45, 7) is 2.34. The average Bonchev–Trinajstić information content (AvgIpc) is 3.36. The number of carbonyl (C=O) groups excluding carboxylic acids is 1. The summed E-state index contributed by atoms with van der Waals surface area (Å²) in [6, 6.07) is 7.06. The molecule has 0 spiro atoms. The van der Waals surface area contributed by atoms with E-state index in [2.05, 4.69) is 9.97 Å². The van der Waals surface area contributed by atoms with Crippen molar-refractivity contribution in [2.75, 3.05) is 5.73 Å². The molecule has 1 aromatic carbocycles. The van der Waals surface area contributed by atoms with Crippen molar-refractivity contribution in [2.24, 2.45) is 5.73 Å². The molecule has 1 amide bonds. The lowest BCUT2D eigenvalue weighted by molar-refractivity contribution is -0.137. The molecule has 7 nitrogen and oxygen atoms in total. The highest BCUT2D eigenvalue weighted by Gasteiger charge is 2.42. The van der Waals surface area contributed by atoms with Gasteiger partial charge in [0.05, 0.1) is 36.0 Å². The van der Waals surface area contributed by atoms with E-state index < -0.39 is 11.7 Å². The van der Waals surface area contributed by atoms with Crippen LogP contribution in [0.5, 0.6) is 0 Å². The zero-order valence-electron chi connectivity index (χ0n) is 17.8. The van der Waals surface area contributed by atoms with E-state index in [4.69, 9.17) is 16.2 Å². The smallest absolute Gasteiger partial charge is 0.383 e. The molecule has 4 N–H and O–H groups in total. The number of rotatable bonds is 4. The summed E-state index contributed by atoms with van der Waals surface area (Å²) in [6.07, 6.45) is -3.24. The monoisotopic (exact) mass is 457 g/mol. The highest BCUT2D eigenvalue weighted by Crippen LogP contribution is 2.38. The minimum Gasteiger partial charge on any atom is -0.383 e. The van der Waals surface area contributed by atoms with Crippen molar-refractivity contribution in [3.63, 3.8) is 0 Å². The number of ether oxygens (including phenoxy) is 1. The molecular weight excluding hydrogens is 435 g/mol. The van der Waals surface area contributed by atoms with Crippen molar-refractivity contribution in [2.45, 2.75) is 50.9 Å². The van der Waals surface area contributed by atoms with Gasteiger partial charge in [0, 0.05) is 34.8 Å². The molecule has 1 aliphatic heterocycles. The number of fused-ring (bicyclic) bond motifs is 3. The van der Waals surface area contributed by atoms with E-state index in [1.54, 1.807) is 23.1 Å². The largest absolute Gasteiger partial charge is 0.417 e. The van der Waals surface area contributed by atoms with Crippen LogP contribution < -0.4 is 11.5 Å². The van der Waals surface area contributed by atoms with Crippen LogP contribution in [0.2, 0.25) is 0 Å². The third-order valence-electron chi connectivity index (χ3n) is 6.25. The van der Waals surface area contributed by atoms with Crippen LogP contribution >= 0.6 is 0 Å². The van der Waals surface area contributed by atoms with E-state index in [0.29, 0.717) is 35.6 Å². The van der Waals surface area contributed by atoms with Gasteiger partial charge in [-0.1, -0.05) is 0 Å². The second-order valence-electron chi connectivity index (χ2n) is 8.51. The summed E-state index contributed by atoms with van der Waals surface area (Å²) in [5.41, 5.74) is 14.5. The quantitative estimate of drug-likeness (QED) is 0.620. The van der Waals surface area contributed by atoms with Gasteiger partial charge in [-0.25, -0.2) is 4.98 Å². The molecule has 1 fully saturated rings. The highest BCUT2D eigenvalue weighted by molar-refractivity contribution is 5.99. The van der Waals surface area contributed by atoms with Crippen molar-refractivity contribution < 1.29 is 22.7 Å². The molecule has 5 rings (SSSR count). The number of pyridine rings is 2. The maximum Gasteiger partial charge on any atom is 0.417 e. The summed E-state index contributed by atoms with van der Waals surface area (Å²) in [5, 5.41) is 0.794. The molecule has 0 radical (unpaired) electrons. The maximum absolute atomic E-state index is 13.5. The Labute approximate surface area is 187 Å². The summed E-state index contributed by atoms with van der Waals surface area (Å²) in [4.78, 5) is 23.4. The van der Waals surface area contributed by atoms with Gasteiger partial charge in [0.1, 0.15) is 5.82 Å². The molecular formula is C23H22F3N5O2. The van der Waals surface area contributed by atoms with Gasteiger partial charge in [-0.05, 0) is 49.2 Å². The van der Waals surface area contributed by atoms with Crippen LogP contribution in [0.1, 0.15) is 52.2 Å². The Morgan fingerprint density at radius 3 is 2.67 bits per heavy atom. The summed E-state index contributed by atoms with van der Waals surface area (Å²) in [7, 11) is 0. The first-order valence-corrected chi connectivity index (χ1v) is 10.6. The van der Waals surface area contributed by atoms with E-state index in [-0.39, 0.29) is 30.6 Å². The number of aromatic nitrogens is 2. The van der Waals surface area contributed by atoms with E-state index >= 15 is 0 Å². The Bertz CT molecular complexity index is 1250. The van der Waals surface area contributed by atoms with Crippen LogP contribution in [0.4, 0.5) is 19.0 Å². The van der Waals surface area contributed by atoms with Crippen LogP contribution in [-0.2, 0) is 24.1 Å². The minimum atomic E-state index is -4.47. The van der Waals surface area contributed by atoms with Crippen molar-refractivity contribution in [1.82, 2.24) is 14.9 Å². The standard InChI is InChI=1S/C23H22F3N5O2/c1-11-20-16(10-33-11)15-6-12(2-5-18(15)30-21(20)28)22(32)31(19-7-17(19)27)9-14-4-3-13(8-29-14)23(24,25)26/h2-6,8,11,17,19H,7,9-10,27H2,1H3,(H2,28,30)/t11-,17+,19+/m0/s1. The molecule has 3 atom stereocenters. The Morgan fingerprint density at radius 2 is 2.03 bits per heavy atom. The summed E-state index contributed by atoms with van der Waals surface area (Å²) < 4.78 is 44.3. The topological polar surface area (TPSA) is 107 Å². The van der Waals surface area contributed by atoms with Crippen molar-refractivity contribution >= 4 is 22.6 Å². The number of benzene rings is 1. The van der Waals surface area contributed by atoms with Crippen LogP contribution in [0.15, 0.2) is 36.5 Å². The third-order valence-corrected chi connectivity index (χ3v) is 6.25. The molecule has 1 aliphatic carbocycles. The normalized spacial score (nSPS) is 21.8. The molecule has 10 heteroatoms. The van der Waals surface area contributed by atoms with Gasteiger partial charge in [-0.15, -0.1) is 0 Å². The second kappa shape index (κ2) is 7.67. The zero-order valence-corrected chi connectivity index (χ0v) is 17.8. The molecule has 3 heterocycles. The number of hydrogen-bond acceptors (Lipinski definition) is 6. The Hall–Kier alpha value is -3.24. The van der Waals surface area contributed by atoms with Gasteiger partial charge in [0.2, 0.25) is 0 Å². The van der Waals surface area contributed by atoms with Gasteiger partial charge >= 0.3 is 6.18 Å². The minimum absolute atomic E-state index is 0.0611. The SMILES string of the molecule is C[C@@H]1OCc2c1c(N)nc1ccc(C(=O)N(Cc3ccc(C(F)(F)F)cn3)[C@@H]3C[C@H]3N)cc21. The average molecular weight is 457 g/mol. The maximum atomic E-state index is 13.5. The number of alkyl halides is 3. The Balaban J connectivity index is 1.47. The first-order chi connectivity index (χ1) is 15.6. The van der Waals surface area contributed by atoms with Crippen molar-refractivity contribution in [1.29, 1.82) is 0 Å². The number of nitrogens with zero attached hydrogens (tertiary/aromatic N) is 3. The lowest BCUT2D eigenvalue weighted by atomic mass is 10.00. The Kier molecular flexibility index (Phi) is 5.02.